The number of carbonyl (C=O) groups is 2. The Bertz CT molecular complexity index is 989. The number of urea groups is 1. The van der Waals surface area contributed by atoms with E-state index in [4.69, 9.17) is 4.74 Å². The monoisotopic (exact) mass is 377 g/mol. The molecule has 0 fully saturated rings. The van der Waals surface area contributed by atoms with Crippen molar-refractivity contribution in [1.82, 2.24) is 15.3 Å². The molecule has 3 amide bonds. The average Bonchev–Trinajstić information content (AvgIpc) is 2.69. The zero-order valence-electron chi connectivity index (χ0n) is 15.4. The molecule has 0 saturated heterocycles. The standard InChI is InChI=1S/C20H19N5O3/c1-13-11-15(7-9-22-13)25-20(27)24-14-3-5-16(6-4-14)28-17-8-10-23-18(12-17)19(26)21-2/h3-12H,1-2H3,(H,21,26)(H2,22,24,25,27). The van der Waals surface area contributed by atoms with Gasteiger partial charge in [0.25, 0.3) is 5.91 Å². The maximum atomic E-state index is 12.1. The zero-order valence-corrected chi connectivity index (χ0v) is 15.4. The van der Waals surface area contributed by atoms with Crippen LogP contribution in [0.5, 0.6) is 11.5 Å². The van der Waals surface area contributed by atoms with E-state index in [1.54, 1.807) is 54.7 Å². The second-order valence-corrected chi connectivity index (χ2v) is 5.85. The van der Waals surface area contributed by atoms with E-state index in [2.05, 4.69) is 25.9 Å². The number of rotatable bonds is 5. The van der Waals surface area contributed by atoms with Crippen molar-refractivity contribution < 1.29 is 14.3 Å². The summed E-state index contributed by atoms with van der Waals surface area (Å²) in [4.78, 5) is 31.8. The average molecular weight is 377 g/mol. The molecule has 0 radical (unpaired) electrons. The van der Waals surface area contributed by atoms with Gasteiger partial charge in [0, 0.05) is 42.6 Å². The molecule has 3 aromatic rings. The van der Waals surface area contributed by atoms with Gasteiger partial charge < -0.3 is 20.7 Å². The quantitative estimate of drug-likeness (QED) is 0.630. The first kappa shape index (κ1) is 18.8. The summed E-state index contributed by atoms with van der Waals surface area (Å²) in [5.41, 5.74) is 2.35. The lowest BCUT2D eigenvalue weighted by atomic mass is 10.3. The summed E-state index contributed by atoms with van der Waals surface area (Å²) in [5.74, 6) is 0.755. The second-order valence-electron chi connectivity index (χ2n) is 5.85. The molecular formula is C20H19N5O3. The number of ether oxygens (including phenoxy) is 1. The summed E-state index contributed by atoms with van der Waals surface area (Å²) < 4.78 is 5.73. The molecule has 28 heavy (non-hydrogen) atoms. The molecule has 0 spiro atoms. The highest BCUT2D eigenvalue weighted by atomic mass is 16.5. The Hall–Kier alpha value is -3.94. The molecule has 8 nitrogen and oxygen atoms in total. The van der Waals surface area contributed by atoms with Gasteiger partial charge in [-0.25, -0.2) is 4.79 Å². The number of pyridine rings is 2. The molecular weight excluding hydrogens is 358 g/mol. The molecule has 0 bridgehead atoms. The van der Waals surface area contributed by atoms with Crippen molar-refractivity contribution in [3.05, 3.63) is 72.3 Å². The molecule has 0 aliphatic rings. The van der Waals surface area contributed by atoms with Gasteiger partial charge in [-0.15, -0.1) is 0 Å². The van der Waals surface area contributed by atoms with Crippen LogP contribution in [0.25, 0.3) is 0 Å². The maximum absolute atomic E-state index is 12.1. The van der Waals surface area contributed by atoms with Crippen molar-refractivity contribution in [2.75, 3.05) is 17.7 Å². The van der Waals surface area contributed by atoms with Crippen LogP contribution in [0.3, 0.4) is 0 Å². The molecule has 0 aliphatic heterocycles. The lowest BCUT2D eigenvalue weighted by molar-refractivity contribution is 0.0958. The van der Waals surface area contributed by atoms with Crippen molar-refractivity contribution in [3.8, 4) is 11.5 Å². The molecule has 142 valence electrons. The van der Waals surface area contributed by atoms with E-state index in [0.29, 0.717) is 22.9 Å². The summed E-state index contributed by atoms with van der Waals surface area (Å²) in [6, 6.07) is 13.2. The van der Waals surface area contributed by atoms with Gasteiger partial charge in [0.1, 0.15) is 17.2 Å². The first-order chi connectivity index (χ1) is 13.5. The van der Waals surface area contributed by atoms with E-state index < -0.39 is 0 Å². The Morgan fingerprint density at radius 3 is 2.29 bits per heavy atom. The molecule has 8 heteroatoms. The molecule has 0 atom stereocenters. The number of anilines is 2. The predicted molar refractivity (Wildman–Crippen MR) is 106 cm³/mol. The molecule has 2 aromatic heterocycles. The van der Waals surface area contributed by atoms with E-state index in [0.717, 1.165) is 5.69 Å². The lowest BCUT2D eigenvalue weighted by Crippen LogP contribution is -2.19. The van der Waals surface area contributed by atoms with E-state index >= 15 is 0 Å². The Labute approximate surface area is 162 Å². The first-order valence-corrected chi connectivity index (χ1v) is 8.50. The summed E-state index contributed by atoms with van der Waals surface area (Å²) in [6.07, 6.45) is 3.13. The molecule has 0 saturated carbocycles. The Morgan fingerprint density at radius 1 is 0.857 bits per heavy atom. The fraction of sp³-hybridized carbons (Fsp3) is 0.100. The van der Waals surface area contributed by atoms with Crippen LogP contribution in [0.2, 0.25) is 0 Å². The highest BCUT2D eigenvalue weighted by molar-refractivity contribution is 5.99. The minimum atomic E-state index is -0.358. The van der Waals surface area contributed by atoms with Crippen LogP contribution in [0, 0.1) is 6.92 Å². The van der Waals surface area contributed by atoms with E-state index in [-0.39, 0.29) is 17.6 Å². The normalized spacial score (nSPS) is 10.1. The third-order valence-electron chi connectivity index (χ3n) is 3.69. The van der Waals surface area contributed by atoms with Gasteiger partial charge in [0.05, 0.1) is 0 Å². The van der Waals surface area contributed by atoms with Crippen molar-refractivity contribution >= 4 is 23.3 Å². The van der Waals surface area contributed by atoms with Crippen molar-refractivity contribution in [3.63, 3.8) is 0 Å². The van der Waals surface area contributed by atoms with E-state index in [1.165, 1.54) is 13.2 Å². The molecule has 2 heterocycles. The van der Waals surface area contributed by atoms with Gasteiger partial charge in [0.15, 0.2) is 0 Å². The second kappa shape index (κ2) is 8.63. The van der Waals surface area contributed by atoms with Gasteiger partial charge in [0.2, 0.25) is 0 Å². The van der Waals surface area contributed by atoms with Crippen LogP contribution in [0.15, 0.2) is 60.9 Å². The number of benzene rings is 1. The maximum Gasteiger partial charge on any atom is 0.323 e. The fourth-order valence-electron chi connectivity index (χ4n) is 2.39. The topological polar surface area (TPSA) is 105 Å². The number of aromatic nitrogens is 2. The van der Waals surface area contributed by atoms with E-state index in [1.807, 2.05) is 6.92 Å². The van der Waals surface area contributed by atoms with Crippen molar-refractivity contribution in [1.29, 1.82) is 0 Å². The Kier molecular flexibility index (Phi) is 5.81. The number of nitrogens with zero attached hydrogens (tertiary/aromatic N) is 2. The number of aryl methyl sites for hydroxylation is 1. The van der Waals surface area contributed by atoms with Gasteiger partial charge in [-0.2, -0.15) is 0 Å². The van der Waals surface area contributed by atoms with Gasteiger partial charge in [-0.3, -0.25) is 14.8 Å². The fourth-order valence-corrected chi connectivity index (χ4v) is 2.39. The Balaban J connectivity index is 1.60. The first-order valence-electron chi connectivity index (χ1n) is 8.50. The third-order valence-corrected chi connectivity index (χ3v) is 3.69. The smallest absolute Gasteiger partial charge is 0.323 e. The number of carbonyl (C=O) groups excluding carboxylic acids is 2. The summed E-state index contributed by atoms with van der Waals surface area (Å²) in [7, 11) is 1.54. The van der Waals surface area contributed by atoms with Crippen LogP contribution in [0.1, 0.15) is 16.2 Å². The largest absolute Gasteiger partial charge is 0.457 e. The van der Waals surface area contributed by atoms with Crippen LogP contribution >= 0.6 is 0 Å². The highest BCUT2D eigenvalue weighted by Crippen LogP contribution is 2.23. The summed E-state index contributed by atoms with van der Waals surface area (Å²) in [6.45, 7) is 1.85. The van der Waals surface area contributed by atoms with Crippen molar-refractivity contribution in [2.24, 2.45) is 0 Å². The number of amides is 3. The number of nitrogens with one attached hydrogen (secondary N) is 3. The summed E-state index contributed by atoms with van der Waals surface area (Å²) >= 11 is 0. The minimum absolute atomic E-state index is 0.265. The highest BCUT2D eigenvalue weighted by Gasteiger charge is 2.07. The molecule has 0 aliphatic carbocycles. The van der Waals surface area contributed by atoms with Crippen molar-refractivity contribution in [2.45, 2.75) is 6.92 Å². The van der Waals surface area contributed by atoms with Crippen LogP contribution in [0.4, 0.5) is 16.2 Å². The van der Waals surface area contributed by atoms with Gasteiger partial charge in [-0.1, -0.05) is 0 Å². The number of hydrogen-bond acceptors (Lipinski definition) is 5. The van der Waals surface area contributed by atoms with Crippen LogP contribution < -0.4 is 20.7 Å². The predicted octanol–water partition coefficient (Wildman–Crippen LogP) is 3.58. The lowest BCUT2D eigenvalue weighted by Gasteiger charge is -2.10. The molecule has 0 unspecified atom stereocenters. The van der Waals surface area contributed by atoms with Crippen LogP contribution in [-0.4, -0.2) is 29.0 Å². The molecule has 1 aromatic carbocycles. The third kappa shape index (κ3) is 5.04. The SMILES string of the molecule is CNC(=O)c1cc(Oc2ccc(NC(=O)Nc3ccnc(C)c3)cc2)ccn1. The Morgan fingerprint density at radius 2 is 1.57 bits per heavy atom. The molecule has 3 N–H and O–H groups in total. The van der Waals surface area contributed by atoms with E-state index in [9.17, 15) is 9.59 Å². The van der Waals surface area contributed by atoms with Crippen LogP contribution in [-0.2, 0) is 0 Å². The molecule has 3 rings (SSSR count). The zero-order chi connectivity index (χ0) is 19.9. The van der Waals surface area contributed by atoms with Gasteiger partial charge in [-0.05, 0) is 49.4 Å². The minimum Gasteiger partial charge on any atom is -0.457 e. The van der Waals surface area contributed by atoms with Gasteiger partial charge >= 0.3 is 6.03 Å². The number of hydrogen-bond donors (Lipinski definition) is 3. The summed E-state index contributed by atoms with van der Waals surface area (Å²) in [5, 5.41) is 8.00.